The number of hydrogen-bond acceptors (Lipinski definition) is 3. The number of amides is 1. The first-order chi connectivity index (χ1) is 15.0. The van der Waals surface area contributed by atoms with Crippen molar-refractivity contribution in [3.63, 3.8) is 0 Å². The van der Waals surface area contributed by atoms with Crippen molar-refractivity contribution in [2.75, 3.05) is 18.9 Å². The SMILES string of the molecule is CN=C(NCCCn1nc(C)cc1C)NCc1cccc(NC(=O)C2CCCCC2)c1. The number of hydrogen-bond donors (Lipinski definition) is 3. The van der Waals surface area contributed by atoms with Gasteiger partial charge in [-0.15, -0.1) is 0 Å². The van der Waals surface area contributed by atoms with Gasteiger partial charge in [0.25, 0.3) is 0 Å². The van der Waals surface area contributed by atoms with E-state index in [2.05, 4.69) is 45.1 Å². The average Bonchev–Trinajstić information content (AvgIpc) is 3.11. The first-order valence-corrected chi connectivity index (χ1v) is 11.4. The van der Waals surface area contributed by atoms with Crippen molar-refractivity contribution in [2.45, 2.75) is 65.5 Å². The molecule has 0 unspecified atom stereocenters. The Hall–Kier alpha value is -2.83. The number of anilines is 1. The van der Waals surface area contributed by atoms with Crippen molar-refractivity contribution >= 4 is 17.6 Å². The zero-order valence-electron chi connectivity index (χ0n) is 19.1. The predicted octanol–water partition coefficient (Wildman–Crippen LogP) is 3.77. The van der Waals surface area contributed by atoms with Crippen LogP contribution in [0.1, 0.15) is 55.5 Å². The minimum absolute atomic E-state index is 0.157. The highest BCUT2D eigenvalue weighted by Crippen LogP contribution is 2.25. The van der Waals surface area contributed by atoms with E-state index >= 15 is 0 Å². The van der Waals surface area contributed by atoms with Crippen molar-refractivity contribution in [1.82, 2.24) is 20.4 Å². The molecule has 168 valence electrons. The van der Waals surface area contributed by atoms with Crippen LogP contribution >= 0.6 is 0 Å². The van der Waals surface area contributed by atoms with Gasteiger partial charge >= 0.3 is 0 Å². The van der Waals surface area contributed by atoms with E-state index in [1.165, 1.54) is 12.1 Å². The summed E-state index contributed by atoms with van der Waals surface area (Å²) >= 11 is 0. The van der Waals surface area contributed by atoms with Crippen LogP contribution in [0.4, 0.5) is 5.69 Å². The smallest absolute Gasteiger partial charge is 0.227 e. The fourth-order valence-corrected chi connectivity index (χ4v) is 4.11. The summed E-state index contributed by atoms with van der Waals surface area (Å²) in [4.78, 5) is 16.8. The largest absolute Gasteiger partial charge is 0.356 e. The lowest BCUT2D eigenvalue weighted by Gasteiger charge is -2.21. The number of carbonyl (C=O) groups is 1. The summed E-state index contributed by atoms with van der Waals surface area (Å²) in [6, 6.07) is 10.1. The molecule has 0 spiro atoms. The molecule has 3 rings (SSSR count). The maximum Gasteiger partial charge on any atom is 0.227 e. The van der Waals surface area contributed by atoms with Crippen LogP contribution in [0.2, 0.25) is 0 Å². The third-order valence-electron chi connectivity index (χ3n) is 5.80. The highest BCUT2D eigenvalue weighted by Gasteiger charge is 2.21. The molecular formula is C24H36N6O. The van der Waals surface area contributed by atoms with Gasteiger partial charge in [-0.25, -0.2) is 0 Å². The number of nitrogens with zero attached hydrogens (tertiary/aromatic N) is 3. The summed E-state index contributed by atoms with van der Waals surface area (Å²) in [7, 11) is 1.77. The number of guanidine groups is 1. The van der Waals surface area contributed by atoms with E-state index in [0.717, 1.165) is 68.1 Å². The molecule has 0 aliphatic heterocycles. The van der Waals surface area contributed by atoms with E-state index in [1.54, 1.807) is 7.05 Å². The van der Waals surface area contributed by atoms with Crippen LogP contribution < -0.4 is 16.0 Å². The van der Waals surface area contributed by atoms with Gasteiger partial charge in [-0.3, -0.25) is 14.5 Å². The highest BCUT2D eigenvalue weighted by molar-refractivity contribution is 5.92. The Kier molecular flexibility index (Phi) is 8.50. The summed E-state index contributed by atoms with van der Waals surface area (Å²) in [6.07, 6.45) is 6.56. The second kappa shape index (κ2) is 11.5. The van der Waals surface area contributed by atoms with Gasteiger partial charge in [0, 0.05) is 44.0 Å². The molecule has 1 amide bonds. The molecule has 31 heavy (non-hydrogen) atoms. The fourth-order valence-electron chi connectivity index (χ4n) is 4.11. The van der Waals surface area contributed by atoms with Gasteiger partial charge in [-0.2, -0.15) is 5.10 Å². The van der Waals surface area contributed by atoms with Gasteiger partial charge in [-0.05, 0) is 56.9 Å². The Balaban J connectivity index is 1.42. The third kappa shape index (κ3) is 7.12. The zero-order chi connectivity index (χ0) is 22.1. The number of carbonyl (C=O) groups excluding carboxylic acids is 1. The molecule has 0 saturated heterocycles. The van der Waals surface area contributed by atoms with E-state index in [4.69, 9.17) is 0 Å². The van der Waals surface area contributed by atoms with Gasteiger partial charge in [0.15, 0.2) is 5.96 Å². The minimum atomic E-state index is 0.157. The van der Waals surface area contributed by atoms with Gasteiger partial charge in [0.2, 0.25) is 5.91 Å². The number of aryl methyl sites for hydroxylation is 3. The Morgan fingerprint density at radius 3 is 2.68 bits per heavy atom. The quantitative estimate of drug-likeness (QED) is 0.342. The molecule has 1 saturated carbocycles. The zero-order valence-corrected chi connectivity index (χ0v) is 19.1. The number of aliphatic imine (C=N–C) groups is 1. The van der Waals surface area contributed by atoms with Crippen molar-refractivity contribution in [1.29, 1.82) is 0 Å². The molecule has 1 aromatic carbocycles. The van der Waals surface area contributed by atoms with Gasteiger partial charge in [-0.1, -0.05) is 31.4 Å². The second-order valence-electron chi connectivity index (χ2n) is 8.38. The lowest BCUT2D eigenvalue weighted by Crippen LogP contribution is -2.37. The molecule has 7 heteroatoms. The monoisotopic (exact) mass is 424 g/mol. The number of rotatable bonds is 8. The van der Waals surface area contributed by atoms with Crippen LogP contribution in [0.25, 0.3) is 0 Å². The number of aromatic nitrogens is 2. The van der Waals surface area contributed by atoms with E-state index in [0.29, 0.717) is 6.54 Å². The van der Waals surface area contributed by atoms with E-state index in [1.807, 2.05) is 29.8 Å². The maximum atomic E-state index is 12.5. The van der Waals surface area contributed by atoms with Crippen molar-refractivity contribution < 1.29 is 4.79 Å². The highest BCUT2D eigenvalue weighted by atomic mass is 16.1. The second-order valence-corrected chi connectivity index (χ2v) is 8.38. The molecule has 1 heterocycles. The molecular weight excluding hydrogens is 388 g/mol. The molecule has 3 N–H and O–H groups in total. The Morgan fingerprint density at radius 2 is 1.97 bits per heavy atom. The van der Waals surface area contributed by atoms with Crippen LogP contribution in [0, 0.1) is 19.8 Å². The standard InChI is InChI=1S/C24H36N6O/c1-18-15-19(2)30(29-18)14-8-13-26-24(25-3)27-17-20-9-7-12-22(16-20)28-23(31)21-10-5-4-6-11-21/h7,9,12,15-16,21H,4-6,8,10-11,13-14,17H2,1-3H3,(H,28,31)(H2,25,26,27). The molecule has 0 atom stereocenters. The molecule has 0 radical (unpaired) electrons. The molecule has 2 aromatic rings. The van der Waals surface area contributed by atoms with Crippen LogP contribution in [-0.2, 0) is 17.9 Å². The number of benzene rings is 1. The van der Waals surface area contributed by atoms with E-state index in [9.17, 15) is 4.79 Å². The summed E-state index contributed by atoms with van der Waals surface area (Å²) < 4.78 is 2.04. The Labute approximate surface area is 185 Å². The minimum Gasteiger partial charge on any atom is -0.356 e. The van der Waals surface area contributed by atoms with E-state index in [-0.39, 0.29) is 11.8 Å². The lowest BCUT2D eigenvalue weighted by molar-refractivity contribution is -0.120. The fraction of sp³-hybridized carbons (Fsp3) is 0.542. The Morgan fingerprint density at radius 1 is 1.16 bits per heavy atom. The van der Waals surface area contributed by atoms with Crippen LogP contribution in [0.15, 0.2) is 35.3 Å². The van der Waals surface area contributed by atoms with Crippen LogP contribution in [-0.4, -0.2) is 35.2 Å². The van der Waals surface area contributed by atoms with Crippen LogP contribution in [0.5, 0.6) is 0 Å². The summed E-state index contributed by atoms with van der Waals surface area (Å²) in [5.74, 6) is 1.09. The van der Waals surface area contributed by atoms with Crippen LogP contribution in [0.3, 0.4) is 0 Å². The normalized spacial score (nSPS) is 15.0. The summed E-state index contributed by atoms with van der Waals surface area (Å²) in [5, 5.41) is 14.3. The molecule has 1 fully saturated rings. The van der Waals surface area contributed by atoms with E-state index < -0.39 is 0 Å². The van der Waals surface area contributed by atoms with Gasteiger partial charge in [0.05, 0.1) is 5.69 Å². The predicted molar refractivity (Wildman–Crippen MR) is 126 cm³/mol. The average molecular weight is 425 g/mol. The molecule has 1 aliphatic rings. The first kappa shape index (κ1) is 22.8. The molecule has 0 bridgehead atoms. The van der Waals surface area contributed by atoms with Crippen molar-refractivity contribution in [3.05, 3.63) is 47.3 Å². The first-order valence-electron chi connectivity index (χ1n) is 11.4. The molecule has 7 nitrogen and oxygen atoms in total. The van der Waals surface area contributed by atoms with Crippen molar-refractivity contribution in [3.8, 4) is 0 Å². The van der Waals surface area contributed by atoms with Crippen molar-refractivity contribution in [2.24, 2.45) is 10.9 Å². The summed E-state index contributed by atoms with van der Waals surface area (Å²) in [5.41, 5.74) is 4.21. The number of nitrogens with one attached hydrogen (secondary N) is 3. The Bertz CT molecular complexity index is 882. The van der Waals surface area contributed by atoms with Gasteiger partial charge < -0.3 is 16.0 Å². The molecule has 1 aromatic heterocycles. The topological polar surface area (TPSA) is 83.3 Å². The summed E-state index contributed by atoms with van der Waals surface area (Å²) in [6.45, 7) is 6.44. The molecule has 1 aliphatic carbocycles. The maximum absolute atomic E-state index is 12.5. The lowest BCUT2D eigenvalue weighted by atomic mass is 9.88. The van der Waals surface area contributed by atoms with Gasteiger partial charge in [0.1, 0.15) is 0 Å². The third-order valence-corrected chi connectivity index (χ3v) is 5.80.